The van der Waals surface area contributed by atoms with Crippen molar-refractivity contribution in [2.45, 2.75) is 52.6 Å². The number of ether oxygens (including phenoxy) is 3. The minimum atomic E-state index is -0.970. The first-order chi connectivity index (χ1) is 15.0. The third kappa shape index (κ3) is 11.6. The van der Waals surface area contributed by atoms with Gasteiger partial charge in [-0.2, -0.15) is 0 Å². The number of aliphatic carboxylic acids is 1. The van der Waals surface area contributed by atoms with E-state index in [4.69, 9.17) is 14.2 Å². The molecule has 0 fully saturated rings. The van der Waals surface area contributed by atoms with Crippen LogP contribution in [-0.2, 0) is 20.7 Å². The van der Waals surface area contributed by atoms with E-state index in [1.54, 1.807) is 24.0 Å². The third-order valence-corrected chi connectivity index (χ3v) is 4.58. The van der Waals surface area contributed by atoms with Gasteiger partial charge in [0.2, 0.25) is 0 Å². The summed E-state index contributed by atoms with van der Waals surface area (Å²) in [7, 11) is 0. The lowest BCUT2D eigenvalue weighted by Crippen LogP contribution is -2.44. The molecule has 1 unspecified atom stereocenters. The summed E-state index contributed by atoms with van der Waals surface area (Å²) in [6, 6.07) is 7.15. The molecule has 0 saturated carbocycles. The number of hydrogen-bond donors (Lipinski definition) is 2. The standard InChI is InChI=1S/C23H38N2O6/c1-4-7-15-29-16-13-25(23(28)24-12-5-2)14-17-31-20-10-8-19(9-11-20)18-21(22(26)27)30-6-3/h8-11,21H,4-7,12-18H2,1-3H3,(H,24,28)(H,26,27). The van der Waals surface area contributed by atoms with Crippen molar-refractivity contribution in [2.24, 2.45) is 0 Å². The molecule has 0 aromatic heterocycles. The van der Waals surface area contributed by atoms with Crippen molar-refractivity contribution in [3.05, 3.63) is 29.8 Å². The highest BCUT2D eigenvalue weighted by atomic mass is 16.5. The Hall–Kier alpha value is -2.32. The predicted molar refractivity (Wildman–Crippen MR) is 120 cm³/mol. The van der Waals surface area contributed by atoms with E-state index in [1.807, 2.05) is 19.1 Å². The van der Waals surface area contributed by atoms with Crippen LogP contribution >= 0.6 is 0 Å². The van der Waals surface area contributed by atoms with Crippen molar-refractivity contribution in [1.29, 1.82) is 0 Å². The Labute approximate surface area is 185 Å². The molecule has 1 rings (SSSR count). The lowest BCUT2D eigenvalue weighted by Gasteiger charge is -2.23. The molecule has 2 amide bonds. The molecule has 0 saturated heterocycles. The third-order valence-electron chi connectivity index (χ3n) is 4.58. The van der Waals surface area contributed by atoms with Crippen molar-refractivity contribution in [3.63, 3.8) is 0 Å². The molecule has 1 atom stereocenters. The molecule has 0 aliphatic carbocycles. The Kier molecular flexibility index (Phi) is 14.1. The zero-order valence-corrected chi connectivity index (χ0v) is 19.1. The van der Waals surface area contributed by atoms with E-state index in [9.17, 15) is 14.7 Å². The fraction of sp³-hybridized carbons (Fsp3) is 0.652. The topological polar surface area (TPSA) is 97.3 Å². The number of carbonyl (C=O) groups excluding carboxylic acids is 1. The second-order valence-corrected chi connectivity index (χ2v) is 7.16. The van der Waals surface area contributed by atoms with Crippen LogP contribution in [0.1, 0.15) is 45.6 Å². The summed E-state index contributed by atoms with van der Waals surface area (Å²) in [4.78, 5) is 25.3. The number of benzene rings is 1. The summed E-state index contributed by atoms with van der Waals surface area (Å²) in [5.74, 6) is -0.303. The first-order valence-electron chi connectivity index (χ1n) is 11.2. The summed E-state index contributed by atoms with van der Waals surface area (Å²) < 4.78 is 16.6. The number of carboxylic acid groups (broad SMARTS) is 1. The normalized spacial score (nSPS) is 11.7. The number of carboxylic acids is 1. The van der Waals surface area contributed by atoms with Crippen molar-refractivity contribution in [2.75, 3.05) is 46.1 Å². The molecule has 8 nitrogen and oxygen atoms in total. The van der Waals surface area contributed by atoms with E-state index < -0.39 is 12.1 Å². The van der Waals surface area contributed by atoms with Crippen molar-refractivity contribution >= 4 is 12.0 Å². The molecule has 0 bridgehead atoms. The molecule has 2 N–H and O–H groups in total. The average Bonchev–Trinajstić information content (AvgIpc) is 2.76. The summed E-state index contributed by atoms with van der Waals surface area (Å²) in [6.45, 7) is 9.39. The molecule has 1 aromatic carbocycles. The zero-order valence-electron chi connectivity index (χ0n) is 19.1. The zero-order chi connectivity index (χ0) is 22.9. The van der Waals surface area contributed by atoms with Gasteiger partial charge in [-0.05, 0) is 37.5 Å². The number of hydrogen-bond acceptors (Lipinski definition) is 5. The highest BCUT2D eigenvalue weighted by molar-refractivity contribution is 5.74. The molecule has 0 spiro atoms. The van der Waals surface area contributed by atoms with Crippen LogP contribution in [0.3, 0.4) is 0 Å². The van der Waals surface area contributed by atoms with Gasteiger partial charge in [0.15, 0.2) is 6.10 Å². The Morgan fingerprint density at radius 3 is 2.35 bits per heavy atom. The second kappa shape index (κ2) is 16.4. The Bertz CT molecular complexity index is 623. The molecule has 8 heteroatoms. The maximum Gasteiger partial charge on any atom is 0.333 e. The van der Waals surface area contributed by atoms with Crippen LogP contribution in [0, 0.1) is 0 Å². The van der Waals surface area contributed by atoms with E-state index in [0.29, 0.717) is 58.2 Å². The van der Waals surface area contributed by atoms with E-state index in [0.717, 1.165) is 24.8 Å². The van der Waals surface area contributed by atoms with E-state index >= 15 is 0 Å². The van der Waals surface area contributed by atoms with E-state index in [1.165, 1.54) is 0 Å². The second-order valence-electron chi connectivity index (χ2n) is 7.16. The number of urea groups is 1. The first-order valence-corrected chi connectivity index (χ1v) is 11.2. The fourth-order valence-corrected chi connectivity index (χ4v) is 2.81. The van der Waals surface area contributed by atoms with Gasteiger partial charge < -0.3 is 29.5 Å². The van der Waals surface area contributed by atoms with Crippen LogP contribution in [-0.4, -0.2) is 74.2 Å². The number of amides is 2. The lowest BCUT2D eigenvalue weighted by molar-refractivity contribution is -0.149. The molecule has 0 radical (unpaired) electrons. The van der Waals surface area contributed by atoms with Gasteiger partial charge in [0.05, 0.1) is 13.2 Å². The number of rotatable bonds is 17. The van der Waals surface area contributed by atoms with Crippen LogP contribution in [0.25, 0.3) is 0 Å². The van der Waals surface area contributed by atoms with Crippen molar-refractivity contribution < 1.29 is 28.9 Å². The quantitative estimate of drug-likeness (QED) is 0.362. The molecular formula is C23H38N2O6. The predicted octanol–water partition coefficient (Wildman–Crippen LogP) is 3.34. The smallest absolute Gasteiger partial charge is 0.333 e. The molecule has 31 heavy (non-hydrogen) atoms. The number of nitrogens with one attached hydrogen (secondary N) is 1. The van der Waals surface area contributed by atoms with Gasteiger partial charge in [-0.15, -0.1) is 0 Å². The highest BCUT2D eigenvalue weighted by Gasteiger charge is 2.18. The summed E-state index contributed by atoms with van der Waals surface area (Å²) in [5.41, 5.74) is 0.859. The van der Waals surface area contributed by atoms with Crippen LogP contribution in [0.15, 0.2) is 24.3 Å². The monoisotopic (exact) mass is 438 g/mol. The van der Waals surface area contributed by atoms with Crippen molar-refractivity contribution in [1.82, 2.24) is 10.2 Å². The first kappa shape index (κ1) is 26.7. The molecule has 0 heterocycles. The van der Waals surface area contributed by atoms with E-state index in [-0.39, 0.29) is 6.03 Å². The largest absolute Gasteiger partial charge is 0.492 e. The van der Waals surface area contributed by atoms with Gasteiger partial charge in [-0.25, -0.2) is 9.59 Å². The van der Waals surface area contributed by atoms with Gasteiger partial charge in [-0.3, -0.25) is 0 Å². The number of carbonyl (C=O) groups is 2. The maximum absolute atomic E-state index is 12.4. The summed E-state index contributed by atoms with van der Waals surface area (Å²) in [5, 5.41) is 12.1. The lowest BCUT2D eigenvalue weighted by atomic mass is 10.1. The Morgan fingerprint density at radius 1 is 1.03 bits per heavy atom. The fourth-order valence-electron chi connectivity index (χ4n) is 2.81. The summed E-state index contributed by atoms with van der Waals surface area (Å²) >= 11 is 0. The molecule has 1 aromatic rings. The molecule has 176 valence electrons. The summed E-state index contributed by atoms with van der Waals surface area (Å²) in [6.07, 6.45) is 2.41. The van der Waals surface area contributed by atoms with Crippen LogP contribution in [0.4, 0.5) is 4.79 Å². The van der Waals surface area contributed by atoms with Gasteiger partial charge in [-0.1, -0.05) is 32.4 Å². The average molecular weight is 439 g/mol. The van der Waals surface area contributed by atoms with Gasteiger partial charge >= 0.3 is 12.0 Å². The minimum Gasteiger partial charge on any atom is -0.492 e. The van der Waals surface area contributed by atoms with E-state index in [2.05, 4.69) is 12.2 Å². The van der Waals surface area contributed by atoms with Gasteiger partial charge in [0.1, 0.15) is 12.4 Å². The van der Waals surface area contributed by atoms with Crippen LogP contribution < -0.4 is 10.1 Å². The van der Waals surface area contributed by atoms with Crippen LogP contribution in [0.2, 0.25) is 0 Å². The minimum absolute atomic E-state index is 0.115. The number of nitrogens with zero attached hydrogens (tertiary/aromatic N) is 1. The van der Waals surface area contributed by atoms with Crippen LogP contribution in [0.5, 0.6) is 5.75 Å². The van der Waals surface area contributed by atoms with Gasteiger partial charge in [0, 0.05) is 32.7 Å². The number of unbranched alkanes of at least 4 members (excludes halogenated alkanes) is 1. The highest BCUT2D eigenvalue weighted by Crippen LogP contribution is 2.14. The Morgan fingerprint density at radius 2 is 1.74 bits per heavy atom. The van der Waals surface area contributed by atoms with Gasteiger partial charge in [0.25, 0.3) is 0 Å². The SMILES string of the molecule is CCCCOCCN(CCOc1ccc(CC(OCC)C(=O)O)cc1)C(=O)NCCC. The molecular weight excluding hydrogens is 400 g/mol. The van der Waals surface area contributed by atoms with Crippen molar-refractivity contribution in [3.8, 4) is 5.75 Å². The molecule has 0 aliphatic rings. The molecule has 0 aliphatic heterocycles. The maximum atomic E-state index is 12.4. The Balaban J connectivity index is 2.51.